The molecule has 3 aromatic carbocycles. The zero-order valence-corrected chi connectivity index (χ0v) is 15.7. The number of rotatable bonds is 6. The van der Waals surface area contributed by atoms with Crippen LogP contribution in [0.15, 0.2) is 78.9 Å². The number of carbonyl (C=O) groups is 2. The molecule has 0 saturated heterocycles. The van der Waals surface area contributed by atoms with Crippen molar-refractivity contribution in [3.63, 3.8) is 0 Å². The smallest absolute Gasteiger partial charge is 0.343 e. The van der Waals surface area contributed by atoms with Crippen molar-refractivity contribution in [3.8, 4) is 11.5 Å². The summed E-state index contributed by atoms with van der Waals surface area (Å²) in [6, 6.07) is 21.2. The van der Waals surface area contributed by atoms with E-state index in [2.05, 4.69) is 0 Å². The van der Waals surface area contributed by atoms with Crippen LogP contribution in [0, 0.1) is 6.92 Å². The number of hydrogen-bond acceptors (Lipinski definition) is 4. The van der Waals surface area contributed by atoms with Gasteiger partial charge in [-0.2, -0.15) is 0 Å². The normalized spacial score (nSPS) is 10.6. The van der Waals surface area contributed by atoms with Crippen LogP contribution < -0.4 is 9.47 Å². The van der Waals surface area contributed by atoms with Gasteiger partial charge in [0.1, 0.15) is 11.5 Å². The fourth-order valence-electron chi connectivity index (χ4n) is 2.55. The molecule has 28 heavy (non-hydrogen) atoms. The maximum Gasteiger partial charge on any atom is 0.343 e. The lowest BCUT2D eigenvalue weighted by Crippen LogP contribution is -2.08. The number of esters is 1. The minimum atomic E-state index is -0.461. The molecular formula is C24H20O4. The van der Waals surface area contributed by atoms with E-state index in [1.165, 1.54) is 6.08 Å². The monoisotopic (exact) mass is 372 g/mol. The number of aryl methyl sites for hydroxylation is 1. The van der Waals surface area contributed by atoms with Gasteiger partial charge in [0, 0.05) is 5.56 Å². The molecule has 0 aromatic heterocycles. The molecule has 0 bridgehead atoms. The number of carbonyl (C=O) groups excluding carboxylic acids is 2. The Hall–Kier alpha value is -3.66. The van der Waals surface area contributed by atoms with Crippen LogP contribution in [0.1, 0.15) is 31.8 Å². The van der Waals surface area contributed by atoms with E-state index in [0.29, 0.717) is 22.6 Å². The Labute approximate surface area is 164 Å². The molecule has 0 saturated carbocycles. The van der Waals surface area contributed by atoms with Crippen LogP contribution in [-0.2, 0) is 0 Å². The van der Waals surface area contributed by atoms with Crippen LogP contribution in [0.25, 0.3) is 6.08 Å². The third kappa shape index (κ3) is 4.95. The van der Waals surface area contributed by atoms with Crippen molar-refractivity contribution >= 4 is 17.8 Å². The van der Waals surface area contributed by atoms with Crippen LogP contribution in [0.2, 0.25) is 0 Å². The average Bonchev–Trinajstić information content (AvgIpc) is 2.73. The van der Waals surface area contributed by atoms with Crippen LogP contribution in [0.3, 0.4) is 0 Å². The molecule has 0 N–H and O–H groups in total. The number of ketones is 1. The lowest BCUT2D eigenvalue weighted by molar-refractivity contribution is 0.0734. The Morgan fingerprint density at radius 2 is 1.54 bits per heavy atom. The molecule has 0 fully saturated rings. The predicted molar refractivity (Wildman–Crippen MR) is 109 cm³/mol. The summed E-state index contributed by atoms with van der Waals surface area (Å²) >= 11 is 0. The number of benzene rings is 3. The topological polar surface area (TPSA) is 52.6 Å². The summed E-state index contributed by atoms with van der Waals surface area (Å²) in [5.74, 6) is 0.494. The van der Waals surface area contributed by atoms with Crippen molar-refractivity contribution < 1.29 is 19.1 Å². The van der Waals surface area contributed by atoms with Gasteiger partial charge in [-0.1, -0.05) is 54.1 Å². The minimum absolute atomic E-state index is 0.0615. The van der Waals surface area contributed by atoms with E-state index in [4.69, 9.17) is 9.47 Å². The molecule has 0 spiro atoms. The van der Waals surface area contributed by atoms with E-state index in [9.17, 15) is 9.59 Å². The number of hydrogen-bond donors (Lipinski definition) is 0. The highest BCUT2D eigenvalue weighted by molar-refractivity contribution is 6.06. The zero-order chi connectivity index (χ0) is 19.9. The highest BCUT2D eigenvalue weighted by Gasteiger charge is 2.09. The Morgan fingerprint density at radius 3 is 2.21 bits per heavy atom. The van der Waals surface area contributed by atoms with Crippen molar-refractivity contribution in [2.75, 3.05) is 7.11 Å². The van der Waals surface area contributed by atoms with E-state index < -0.39 is 5.97 Å². The molecule has 140 valence electrons. The van der Waals surface area contributed by atoms with Gasteiger partial charge in [0.25, 0.3) is 0 Å². The van der Waals surface area contributed by atoms with Gasteiger partial charge >= 0.3 is 5.97 Å². The van der Waals surface area contributed by atoms with Crippen molar-refractivity contribution in [2.24, 2.45) is 0 Å². The Morgan fingerprint density at radius 1 is 0.821 bits per heavy atom. The summed E-state index contributed by atoms with van der Waals surface area (Å²) in [6.07, 6.45) is 3.26. The van der Waals surface area contributed by atoms with Gasteiger partial charge in [-0.15, -0.1) is 0 Å². The molecule has 0 unspecified atom stereocenters. The van der Waals surface area contributed by atoms with Crippen molar-refractivity contribution in [3.05, 3.63) is 101 Å². The van der Waals surface area contributed by atoms with E-state index in [0.717, 1.165) is 11.1 Å². The lowest BCUT2D eigenvalue weighted by Gasteiger charge is -2.06. The SMILES string of the molecule is COc1cccc(C(=O)Oc2ccc(/C=C/C(=O)c3ccc(C)cc3)cc2)c1. The molecular weight excluding hydrogens is 352 g/mol. The second-order valence-corrected chi connectivity index (χ2v) is 6.25. The maximum absolute atomic E-state index is 12.2. The van der Waals surface area contributed by atoms with Gasteiger partial charge in [-0.25, -0.2) is 4.79 Å². The quantitative estimate of drug-likeness (QED) is 0.261. The highest BCUT2D eigenvalue weighted by atomic mass is 16.5. The molecule has 0 radical (unpaired) electrons. The van der Waals surface area contributed by atoms with Gasteiger partial charge < -0.3 is 9.47 Å². The first-order chi connectivity index (χ1) is 13.5. The maximum atomic E-state index is 12.2. The largest absolute Gasteiger partial charge is 0.497 e. The summed E-state index contributed by atoms with van der Waals surface area (Å²) in [5.41, 5.74) is 3.00. The number of allylic oxidation sites excluding steroid dienone is 1. The van der Waals surface area contributed by atoms with Crippen molar-refractivity contribution in [1.29, 1.82) is 0 Å². The van der Waals surface area contributed by atoms with E-state index in [-0.39, 0.29) is 5.78 Å². The highest BCUT2D eigenvalue weighted by Crippen LogP contribution is 2.18. The predicted octanol–water partition coefficient (Wildman–Crippen LogP) is 5.12. The Balaban J connectivity index is 1.63. The van der Waals surface area contributed by atoms with Crippen molar-refractivity contribution in [1.82, 2.24) is 0 Å². The first-order valence-corrected chi connectivity index (χ1v) is 8.80. The Kier molecular flexibility index (Phi) is 6.02. The summed E-state index contributed by atoms with van der Waals surface area (Å²) in [6.45, 7) is 1.98. The van der Waals surface area contributed by atoms with Gasteiger partial charge in [0.15, 0.2) is 5.78 Å². The summed E-state index contributed by atoms with van der Waals surface area (Å²) in [4.78, 5) is 24.4. The van der Waals surface area contributed by atoms with Crippen LogP contribution in [0.5, 0.6) is 11.5 Å². The average molecular weight is 372 g/mol. The van der Waals surface area contributed by atoms with Gasteiger partial charge in [0.05, 0.1) is 12.7 Å². The van der Waals surface area contributed by atoms with Gasteiger partial charge in [-0.05, 0) is 48.9 Å². The second kappa shape index (κ2) is 8.82. The summed E-state index contributed by atoms with van der Waals surface area (Å²) < 4.78 is 10.5. The van der Waals surface area contributed by atoms with E-state index >= 15 is 0 Å². The molecule has 4 heteroatoms. The van der Waals surface area contributed by atoms with Crippen LogP contribution in [-0.4, -0.2) is 18.9 Å². The molecule has 0 aliphatic rings. The number of ether oxygens (including phenoxy) is 2. The first kappa shape index (κ1) is 19.1. The molecule has 0 aliphatic heterocycles. The van der Waals surface area contributed by atoms with Crippen LogP contribution >= 0.6 is 0 Å². The molecule has 3 rings (SSSR count). The molecule has 0 amide bonds. The third-order valence-electron chi connectivity index (χ3n) is 4.16. The summed E-state index contributed by atoms with van der Waals surface area (Å²) in [5, 5.41) is 0. The lowest BCUT2D eigenvalue weighted by atomic mass is 10.1. The zero-order valence-electron chi connectivity index (χ0n) is 15.7. The first-order valence-electron chi connectivity index (χ1n) is 8.80. The van der Waals surface area contributed by atoms with Gasteiger partial charge in [0.2, 0.25) is 0 Å². The van der Waals surface area contributed by atoms with E-state index in [1.807, 2.05) is 31.2 Å². The van der Waals surface area contributed by atoms with Crippen LogP contribution in [0.4, 0.5) is 0 Å². The molecule has 0 heterocycles. The Bertz CT molecular complexity index is 1000. The number of methoxy groups -OCH3 is 1. The molecule has 0 aliphatic carbocycles. The minimum Gasteiger partial charge on any atom is -0.497 e. The second-order valence-electron chi connectivity index (χ2n) is 6.25. The fraction of sp³-hybridized carbons (Fsp3) is 0.0833. The van der Waals surface area contributed by atoms with Gasteiger partial charge in [-0.3, -0.25) is 4.79 Å². The third-order valence-corrected chi connectivity index (χ3v) is 4.16. The van der Waals surface area contributed by atoms with E-state index in [1.54, 1.807) is 61.7 Å². The summed E-state index contributed by atoms with van der Waals surface area (Å²) in [7, 11) is 1.54. The molecule has 3 aromatic rings. The standard InChI is InChI=1S/C24H20O4/c1-17-6-11-19(12-7-17)23(25)15-10-18-8-13-21(14-9-18)28-24(26)20-4-3-5-22(16-20)27-2/h3-16H,1-2H3/b15-10+. The molecule has 0 atom stereocenters. The van der Waals surface area contributed by atoms with Crippen molar-refractivity contribution in [2.45, 2.75) is 6.92 Å². The molecule has 4 nitrogen and oxygen atoms in total. The fourth-order valence-corrected chi connectivity index (χ4v) is 2.55.